The van der Waals surface area contributed by atoms with Crippen LogP contribution in [0.2, 0.25) is 5.02 Å². The molecule has 1 aromatic carbocycles. The molecule has 21 heavy (non-hydrogen) atoms. The van der Waals surface area contributed by atoms with Crippen LogP contribution in [0.15, 0.2) is 18.2 Å². The first-order valence-corrected chi connectivity index (χ1v) is 7.26. The summed E-state index contributed by atoms with van der Waals surface area (Å²) < 4.78 is 13.8. The molecular weight excluding hydrogens is 314 g/mol. The van der Waals surface area contributed by atoms with Crippen LogP contribution in [-0.2, 0) is 11.3 Å². The van der Waals surface area contributed by atoms with Crippen LogP contribution < -0.4 is 5.73 Å². The van der Waals surface area contributed by atoms with Crippen LogP contribution in [0.25, 0.3) is 0 Å². The summed E-state index contributed by atoms with van der Waals surface area (Å²) in [7, 11) is 1.68. The van der Waals surface area contributed by atoms with Crippen LogP contribution in [0, 0.1) is 11.2 Å². The quantitative estimate of drug-likeness (QED) is 0.917. The maximum Gasteiger partial charge on any atom is 0.230 e. The van der Waals surface area contributed by atoms with Crippen molar-refractivity contribution in [2.24, 2.45) is 11.1 Å². The van der Waals surface area contributed by atoms with E-state index in [2.05, 4.69) is 0 Å². The third-order valence-electron chi connectivity index (χ3n) is 4.21. The predicted octanol–water partition coefficient (Wildman–Crippen LogP) is 3.38. The molecule has 0 unspecified atom stereocenters. The van der Waals surface area contributed by atoms with E-state index in [1.165, 1.54) is 6.07 Å². The number of benzene rings is 1. The largest absolute Gasteiger partial charge is 0.341 e. The van der Waals surface area contributed by atoms with Crippen molar-refractivity contribution in [2.75, 3.05) is 13.6 Å². The first-order chi connectivity index (χ1) is 9.50. The minimum Gasteiger partial charge on any atom is -0.341 e. The van der Waals surface area contributed by atoms with Gasteiger partial charge in [-0.05, 0) is 25.0 Å². The van der Waals surface area contributed by atoms with Gasteiger partial charge in [0, 0.05) is 30.7 Å². The number of carbonyl (C=O) groups is 1. The van der Waals surface area contributed by atoms with E-state index in [9.17, 15) is 9.18 Å². The molecule has 2 rings (SSSR count). The van der Waals surface area contributed by atoms with E-state index >= 15 is 0 Å². The van der Waals surface area contributed by atoms with Gasteiger partial charge in [0.2, 0.25) is 5.91 Å². The summed E-state index contributed by atoms with van der Waals surface area (Å²) in [5, 5.41) is 0.345. The third kappa shape index (κ3) is 3.68. The Morgan fingerprint density at radius 2 is 2.05 bits per heavy atom. The van der Waals surface area contributed by atoms with Gasteiger partial charge in [-0.15, -0.1) is 12.4 Å². The fourth-order valence-electron chi connectivity index (χ4n) is 2.95. The molecule has 0 heterocycles. The topological polar surface area (TPSA) is 46.3 Å². The fraction of sp³-hybridized carbons (Fsp3) is 0.533. The molecule has 0 bridgehead atoms. The molecule has 0 aliphatic heterocycles. The molecule has 6 heteroatoms. The second kappa shape index (κ2) is 7.43. The minimum atomic E-state index is -0.466. The van der Waals surface area contributed by atoms with Gasteiger partial charge >= 0.3 is 0 Å². The zero-order valence-electron chi connectivity index (χ0n) is 12.1. The fourth-order valence-corrected chi connectivity index (χ4v) is 3.18. The summed E-state index contributed by atoms with van der Waals surface area (Å²) in [5.74, 6) is -0.387. The van der Waals surface area contributed by atoms with Crippen molar-refractivity contribution >= 4 is 29.9 Å². The molecule has 0 aromatic heterocycles. The Bertz CT molecular complexity index is 484. The number of nitrogens with two attached hydrogens (primary N) is 1. The number of carbonyl (C=O) groups excluding carboxylic acids is 1. The normalized spacial score (nSPS) is 16.4. The highest BCUT2D eigenvalue weighted by Gasteiger charge is 2.41. The summed E-state index contributed by atoms with van der Waals surface area (Å²) in [5.41, 5.74) is 5.70. The van der Waals surface area contributed by atoms with Crippen LogP contribution >= 0.6 is 24.0 Å². The van der Waals surface area contributed by atoms with Crippen molar-refractivity contribution in [3.8, 4) is 0 Å². The number of hydrogen-bond donors (Lipinski definition) is 1. The molecule has 118 valence electrons. The van der Waals surface area contributed by atoms with Crippen molar-refractivity contribution in [3.63, 3.8) is 0 Å². The van der Waals surface area contributed by atoms with E-state index in [0.29, 0.717) is 17.1 Å². The highest BCUT2D eigenvalue weighted by atomic mass is 35.5. The van der Waals surface area contributed by atoms with Gasteiger partial charge in [0.25, 0.3) is 0 Å². The summed E-state index contributed by atoms with van der Waals surface area (Å²) in [4.78, 5) is 14.1. The predicted molar refractivity (Wildman–Crippen MR) is 85.1 cm³/mol. The van der Waals surface area contributed by atoms with E-state index in [4.69, 9.17) is 17.3 Å². The van der Waals surface area contributed by atoms with Crippen LogP contribution in [0.1, 0.15) is 31.2 Å². The average molecular weight is 335 g/mol. The van der Waals surface area contributed by atoms with Crippen LogP contribution in [0.3, 0.4) is 0 Å². The Labute approximate surface area is 136 Å². The van der Waals surface area contributed by atoms with Gasteiger partial charge in [0.05, 0.1) is 5.41 Å². The van der Waals surface area contributed by atoms with Crippen LogP contribution in [-0.4, -0.2) is 24.4 Å². The molecule has 1 aliphatic carbocycles. The molecule has 2 N–H and O–H groups in total. The number of halogens is 3. The zero-order valence-corrected chi connectivity index (χ0v) is 13.6. The number of rotatable bonds is 4. The standard InChI is InChI=1S/C15H20ClFN2O.ClH/c1-19(9-11-12(16)5-4-6-13(11)17)14(20)15(10-18)7-2-3-8-15;/h4-6H,2-3,7-10,18H2,1H3;1H. The number of nitrogens with zero attached hydrogens (tertiary/aromatic N) is 1. The van der Waals surface area contributed by atoms with Gasteiger partial charge in [0.15, 0.2) is 0 Å². The lowest BCUT2D eigenvalue weighted by Crippen LogP contribution is -2.44. The maximum atomic E-state index is 13.8. The van der Waals surface area contributed by atoms with Gasteiger partial charge in [-0.25, -0.2) is 4.39 Å². The third-order valence-corrected chi connectivity index (χ3v) is 4.56. The van der Waals surface area contributed by atoms with Crippen molar-refractivity contribution < 1.29 is 9.18 Å². The summed E-state index contributed by atoms with van der Waals surface area (Å²) >= 11 is 6.00. The molecule has 0 atom stereocenters. The minimum absolute atomic E-state index is 0. The smallest absolute Gasteiger partial charge is 0.230 e. The molecule has 0 radical (unpaired) electrons. The first-order valence-electron chi connectivity index (χ1n) is 6.89. The second-order valence-electron chi connectivity index (χ2n) is 5.55. The van der Waals surface area contributed by atoms with Gasteiger partial charge in [-0.1, -0.05) is 30.5 Å². The lowest BCUT2D eigenvalue weighted by Gasteiger charge is -2.31. The Balaban J connectivity index is 0.00000220. The molecule has 1 aromatic rings. The van der Waals surface area contributed by atoms with Gasteiger partial charge in [0.1, 0.15) is 5.82 Å². The van der Waals surface area contributed by atoms with Gasteiger partial charge < -0.3 is 10.6 Å². The number of hydrogen-bond acceptors (Lipinski definition) is 2. The highest BCUT2D eigenvalue weighted by molar-refractivity contribution is 6.31. The zero-order chi connectivity index (χ0) is 14.8. The van der Waals surface area contributed by atoms with E-state index < -0.39 is 5.41 Å². The SMILES string of the molecule is CN(Cc1c(F)cccc1Cl)C(=O)C1(CN)CCCC1.Cl. The van der Waals surface area contributed by atoms with E-state index in [-0.39, 0.29) is 30.7 Å². The van der Waals surface area contributed by atoms with Crippen molar-refractivity contribution in [1.29, 1.82) is 0 Å². The number of amides is 1. The first kappa shape index (κ1) is 18.2. The van der Waals surface area contributed by atoms with Crippen molar-refractivity contribution in [3.05, 3.63) is 34.6 Å². The monoisotopic (exact) mass is 334 g/mol. The molecule has 0 saturated heterocycles. The molecule has 1 fully saturated rings. The Hall–Kier alpha value is -0.840. The summed E-state index contributed by atoms with van der Waals surface area (Å²) in [6.07, 6.45) is 3.68. The van der Waals surface area contributed by atoms with E-state index in [1.807, 2.05) is 0 Å². The van der Waals surface area contributed by atoms with E-state index in [0.717, 1.165) is 25.7 Å². The average Bonchev–Trinajstić information content (AvgIpc) is 2.92. The molecule has 1 aliphatic rings. The second-order valence-corrected chi connectivity index (χ2v) is 5.96. The molecular formula is C15H21Cl2FN2O. The van der Waals surface area contributed by atoms with Gasteiger partial charge in [-0.3, -0.25) is 4.79 Å². The van der Waals surface area contributed by atoms with Crippen LogP contribution in [0.5, 0.6) is 0 Å². The molecule has 3 nitrogen and oxygen atoms in total. The van der Waals surface area contributed by atoms with Crippen molar-refractivity contribution in [1.82, 2.24) is 4.90 Å². The molecule has 1 amide bonds. The Morgan fingerprint density at radius 3 is 2.57 bits per heavy atom. The Morgan fingerprint density at radius 1 is 1.43 bits per heavy atom. The molecule has 1 saturated carbocycles. The van der Waals surface area contributed by atoms with Gasteiger partial charge in [-0.2, -0.15) is 0 Å². The van der Waals surface area contributed by atoms with Crippen LogP contribution in [0.4, 0.5) is 4.39 Å². The van der Waals surface area contributed by atoms with Crippen molar-refractivity contribution in [2.45, 2.75) is 32.2 Å². The lowest BCUT2D eigenvalue weighted by molar-refractivity contribution is -0.140. The lowest BCUT2D eigenvalue weighted by atomic mass is 9.84. The molecule has 0 spiro atoms. The Kier molecular flexibility index (Phi) is 6.44. The maximum absolute atomic E-state index is 13.8. The summed E-state index contributed by atoms with van der Waals surface area (Å²) in [6.45, 7) is 0.521. The summed E-state index contributed by atoms with van der Waals surface area (Å²) in [6, 6.07) is 4.54. The highest BCUT2D eigenvalue weighted by Crippen LogP contribution is 2.39. The van der Waals surface area contributed by atoms with E-state index in [1.54, 1.807) is 24.1 Å².